The molecule has 0 spiro atoms. The predicted molar refractivity (Wildman–Crippen MR) is 79.9 cm³/mol. The molecule has 0 saturated heterocycles. The maximum atomic E-state index is 12.4. The Bertz CT molecular complexity index is 640. The first-order valence-electron chi connectivity index (χ1n) is 6.66. The van der Waals surface area contributed by atoms with Crippen LogP contribution in [-0.2, 0) is 4.74 Å². The molecule has 0 bridgehead atoms. The number of thiophene rings is 1. The van der Waals surface area contributed by atoms with E-state index in [4.69, 9.17) is 10.5 Å². The van der Waals surface area contributed by atoms with E-state index >= 15 is 0 Å². The zero-order chi connectivity index (χ0) is 14.1. The number of rotatable bonds is 3. The van der Waals surface area contributed by atoms with Crippen LogP contribution < -0.4 is 11.1 Å². The van der Waals surface area contributed by atoms with Crippen molar-refractivity contribution in [3.63, 3.8) is 0 Å². The highest BCUT2D eigenvalue weighted by Gasteiger charge is 2.29. The number of carbonyl (C=O) groups is 1. The molecule has 2 aromatic rings. The Labute approximate surface area is 121 Å². The molecule has 2 atom stereocenters. The van der Waals surface area contributed by atoms with Crippen molar-refractivity contribution < 1.29 is 9.53 Å². The summed E-state index contributed by atoms with van der Waals surface area (Å²) in [6.07, 6.45) is 6.56. The Kier molecular flexibility index (Phi) is 3.58. The van der Waals surface area contributed by atoms with Gasteiger partial charge in [0.15, 0.2) is 0 Å². The molecule has 2 aromatic heterocycles. The average molecular weight is 291 g/mol. The van der Waals surface area contributed by atoms with Crippen LogP contribution in [-0.4, -0.2) is 30.1 Å². The van der Waals surface area contributed by atoms with Gasteiger partial charge < -0.3 is 15.8 Å². The molecule has 1 amide bonds. The number of nitrogens with zero attached hydrogens (tertiary/aromatic N) is 1. The Morgan fingerprint density at radius 2 is 2.40 bits per heavy atom. The number of fused-ring (bicyclic) bond motifs is 1. The third-order valence-corrected chi connectivity index (χ3v) is 4.96. The Hall–Kier alpha value is -1.66. The van der Waals surface area contributed by atoms with Crippen molar-refractivity contribution in [2.24, 2.45) is 0 Å². The molecule has 106 valence electrons. The second kappa shape index (κ2) is 5.38. The lowest BCUT2D eigenvalue weighted by molar-refractivity contribution is 0.0725. The number of pyridine rings is 1. The number of anilines is 1. The number of nitrogens with one attached hydrogen (secondary N) is 1. The second-order valence-corrected chi connectivity index (χ2v) is 6.05. The summed E-state index contributed by atoms with van der Waals surface area (Å²) in [4.78, 5) is 17.0. The van der Waals surface area contributed by atoms with Crippen molar-refractivity contribution in [2.45, 2.75) is 31.4 Å². The number of methoxy groups -OCH3 is 1. The molecule has 3 rings (SSSR count). The van der Waals surface area contributed by atoms with E-state index in [0.717, 1.165) is 29.3 Å². The molecule has 1 aliphatic carbocycles. The number of hydrogen-bond donors (Lipinski definition) is 2. The Morgan fingerprint density at radius 3 is 3.15 bits per heavy atom. The van der Waals surface area contributed by atoms with E-state index in [-0.39, 0.29) is 18.1 Å². The summed E-state index contributed by atoms with van der Waals surface area (Å²) in [7, 11) is 1.69. The molecule has 0 aliphatic heterocycles. The maximum absolute atomic E-state index is 12.4. The molecule has 1 fully saturated rings. The molecule has 0 radical (unpaired) electrons. The smallest absolute Gasteiger partial charge is 0.263 e. The third-order valence-electron chi connectivity index (χ3n) is 3.81. The van der Waals surface area contributed by atoms with E-state index in [9.17, 15) is 4.79 Å². The first-order valence-corrected chi connectivity index (χ1v) is 7.48. The minimum atomic E-state index is -0.113. The van der Waals surface area contributed by atoms with Crippen LogP contribution in [0.4, 0.5) is 5.69 Å². The summed E-state index contributed by atoms with van der Waals surface area (Å²) in [5.74, 6) is -0.113. The predicted octanol–water partition coefficient (Wildman–Crippen LogP) is 2.18. The minimum Gasteiger partial charge on any atom is -0.397 e. The molecule has 3 N–H and O–H groups in total. The van der Waals surface area contributed by atoms with Crippen molar-refractivity contribution >= 4 is 33.0 Å². The highest BCUT2D eigenvalue weighted by molar-refractivity contribution is 7.21. The fraction of sp³-hybridized carbons (Fsp3) is 0.429. The molecule has 2 unspecified atom stereocenters. The van der Waals surface area contributed by atoms with Crippen LogP contribution in [0.1, 0.15) is 28.9 Å². The molecular formula is C14H17N3O2S. The first-order chi connectivity index (χ1) is 9.70. The van der Waals surface area contributed by atoms with E-state index in [1.54, 1.807) is 19.5 Å². The highest BCUT2D eigenvalue weighted by Crippen LogP contribution is 2.33. The summed E-state index contributed by atoms with van der Waals surface area (Å²) >= 11 is 1.38. The minimum absolute atomic E-state index is 0.0789. The number of carbonyl (C=O) groups excluding carboxylic acids is 1. The largest absolute Gasteiger partial charge is 0.397 e. The fourth-order valence-electron chi connectivity index (χ4n) is 2.75. The summed E-state index contributed by atoms with van der Waals surface area (Å²) < 4.78 is 6.33. The van der Waals surface area contributed by atoms with Gasteiger partial charge >= 0.3 is 0 Å². The summed E-state index contributed by atoms with van der Waals surface area (Å²) in [6.45, 7) is 0. The van der Waals surface area contributed by atoms with Gasteiger partial charge in [-0.3, -0.25) is 9.78 Å². The lowest BCUT2D eigenvalue weighted by Crippen LogP contribution is -2.40. The van der Waals surface area contributed by atoms with Gasteiger partial charge in [-0.15, -0.1) is 11.3 Å². The van der Waals surface area contributed by atoms with Crippen molar-refractivity contribution in [3.8, 4) is 0 Å². The van der Waals surface area contributed by atoms with Gasteiger partial charge in [0, 0.05) is 24.9 Å². The lowest BCUT2D eigenvalue weighted by atomic mass is 10.2. The molecule has 0 aromatic carbocycles. The highest BCUT2D eigenvalue weighted by atomic mass is 32.1. The SMILES string of the molecule is COC1CCCC1NC(=O)c1sc2cnccc2c1N. The van der Waals surface area contributed by atoms with Crippen molar-refractivity contribution in [1.82, 2.24) is 10.3 Å². The molecule has 6 heteroatoms. The Balaban J connectivity index is 1.84. The monoisotopic (exact) mass is 291 g/mol. The molecule has 5 nitrogen and oxygen atoms in total. The molecule has 2 heterocycles. The van der Waals surface area contributed by atoms with Crippen LogP contribution in [0, 0.1) is 0 Å². The molecule has 1 aliphatic rings. The Morgan fingerprint density at radius 1 is 1.55 bits per heavy atom. The standard InChI is InChI=1S/C14H17N3O2S/c1-19-10-4-2-3-9(10)17-14(18)13-12(15)8-5-6-16-7-11(8)20-13/h5-7,9-10H,2-4,15H2,1H3,(H,17,18). The number of hydrogen-bond acceptors (Lipinski definition) is 5. The third kappa shape index (κ3) is 2.25. The number of amides is 1. The number of ether oxygens (including phenoxy) is 1. The quantitative estimate of drug-likeness (QED) is 0.908. The van der Waals surface area contributed by atoms with E-state index in [1.807, 2.05) is 6.07 Å². The van der Waals surface area contributed by atoms with E-state index in [2.05, 4.69) is 10.3 Å². The first kappa shape index (κ1) is 13.3. The molecule has 1 saturated carbocycles. The van der Waals surface area contributed by atoms with Crippen molar-refractivity contribution in [3.05, 3.63) is 23.3 Å². The number of nitrogens with two attached hydrogens (primary N) is 1. The van der Waals surface area contributed by atoms with E-state index < -0.39 is 0 Å². The maximum Gasteiger partial charge on any atom is 0.263 e. The van der Waals surface area contributed by atoms with Crippen molar-refractivity contribution in [2.75, 3.05) is 12.8 Å². The molecule has 20 heavy (non-hydrogen) atoms. The summed E-state index contributed by atoms with van der Waals surface area (Å²) in [5, 5.41) is 3.94. The van der Waals surface area contributed by atoms with Gasteiger partial charge in [0.05, 0.1) is 22.5 Å². The van der Waals surface area contributed by atoms with Crippen molar-refractivity contribution in [1.29, 1.82) is 0 Å². The lowest BCUT2D eigenvalue weighted by Gasteiger charge is -2.19. The topological polar surface area (TPSA) is 77.2 Å². The van der Waals surface area contributed by atoms with Gasteiger partial charge in [0.25, 0.3) is 5.91 Å². The zero-order valence-electron chi connectivity index (χ0n) is 11.3. The van der Waals surface area contributed by atoms with Crippen LogP contribution in [0.2, 0.25) is 0 Å². The van der Waals surface area contributed by atoms with Crippen LogP contribution >= 0.6 is 11.3 Å². The fourth-order valence-corrected chi connectivity index (χ4v) is 3.74. The average Bonchev–Trinajstić information content (AvgIpc) is 3.04. The summed E-state index contributed by atoms with van der Waals surface area (Å²) in [6, 6.07) is 1.92. The van der Waals surface area contributed by atoms with Crippen LogP contribution in [0.25, 0.3) is 10.1 Å². The van der Waals surface area contributed by atoms with Crippen LogP contribution in [0.5, 0.6) is 0 Å². The normalized spacial score (nSPS) is 22.2. The second-order valence-electron chi connectivity index (χ2n) is 5.00. The van der Waals surface area contributed by atoms with Crippen LogP contribution in [0.3, 0.4) is 0 Å². The van der Waals surface area contributed by atoms with Gasteiger partial charge in [-0.1, -0.05) is 0 Å². The number of nitrogen functional groups attached to an aromatic ring is 1. The van der Waals surface area contributed by atoms with Gasteiger partial charge in [0.1, 0.15) is 4.88 Å². The van der Waals surface area contributed by atoms with Gasteiger partial charge in [-0.2, -0.15) is 0 Å². The van der Waals surface area contributed by atoms with Gasteiger partial charge in [-0.25, -0.2) is 0 Å². The van der Waals surface area contributed by atoms with Gasteiger partial charge in [0.2, 0.25) is 0 Å². The van der Waals surface area contributed by atoms with E-state index in [0.29, 0.717) is 10.6 Å². The zero-order valence-corrected chi connectivity index (χ0v) is 12.1. The number of aromatic nitrogens is 1. The summed E-state index contributed by atoms with van der Waals surface area (Å²) in [5.41, 5.74) is 6.61. The molecular weight excluding hydrogens is 274 g/mol. The van der Waals surface area contributed by atoms with E-state index in [1.165, 1.54) is 11.3 Å². The van der Waals surface area contributed by atoms with Crippen LogP contribution in [0.15, 0.2) is 18.5 Å². The van der Waals surface area contributed by atoms with Gasteiger partial charge in [-0.05, 0) is 25.3 Å².